The Bertz CT molecular complexity index is 745. The van der Waals surface area contributed by atoms with E-state index in [-0.39, 0.29) is 48.5 Å². The highest BCUT2D eigenvalue weighted by Crippen LogP contribution is 2.28. The first-order valence-corrected chi connectivity index (χ1v) is 10.1. The summed E-state index contributed by atoms with van der Waals surface area (Å²) in [5, 5.41) is 12.5. The Balaban J connectivity index is 2.02. The first-order chi connectivity index (χ1) is 12.2. The summed E-state index contributed by atoms with van der Waals surface area (Å²) in [4.78, 5) is 24.9. The van der Waals surface area contributed by atoms with Gasteiger partial charge >= 0.3 is 5.97 Å². The summed E-state index contributed by atoms with van der Waals surface area (Å²) in [5.41, 5.74) is 0.325. The summed E-state index contributed by atoms with van der Waals surface area (Å²) < 4.78 is 31.9. The molecule has 0 radical (unpaired) electrons. The number of hydrogen-bond acceptors (Lipinski definition) is 6. The first kappa shape index (κ1) is 20.4. The number of piperidine rings is 1. The Kier molecular flexibility index (Phi) is 6.40. The molecule has 1 aromatic rings. The zero-order chi connectivity index (χ0) is 19.5. The zero-order valence-corrected chi connectivity index (χ0v) is 16.1. The molecule has 1 aliphatic rings. The molecule has 1 aliphatic heterocycles. The average Bonchev–Trinajstić information content (AvgIpc) is 2.94. The normalized spacial score (nSPS) is 16.6. The molecule has 2 heterocycles. The molecule has 146 valence electrons. The lowest BCUT2D eigenvalue weighted by atomic mass is 9.96. The Hall–Kier alpha value is -1.94. The van der Waals surface area contributed by atoms with Gasteiger partial charge in [-0.25, -0.2) is 8.42 Å². The number of carbonyl (C=O) groups is 2. The van der Waals surface area contributed by atoms with E-state index in [0.717, 1.165) is 0 Å². The molecule has 1 fully saturated rings. The summed E-state index contributed by atoms with van der Waals surface area (Å²) >= 11 is 0. The van der Waals surface area contributed by atoms with Crippen molar-refractivity contribution in [3.05, 3.63) is 11.5 Å². The predicted octanol–water partition coefficient (Wildman–Crippen LogP) is 1.02. The highest BCUT2D eigenvalue weighted by molar-refractivity contribution is 7.89. The number of aryl methyl sites for hydroxylation is 2. The molecule has 2 rings (SSSR count). The van der Waals surface area contributed by atoms with Crippen molar-refractivity contribution < 1.29 is 27.6 Å². The fourth-order valence-electron chi connectivity index (χ4n) is 3.23. The van der Waals surface area contributed by atoms with Crippen molar-refractivity contribution >= 4 is 21.9 Å². The van der Waals surface area contributed by atoms with Gasteiger partial charge in [0.05, 0.1) is 6.42 Å². The molecule has 0 aromatic carbocycles. The van der Waals surface area contributed by atoms with Crippen LogP contribution in [-0.4, -0.2) is 65.9 Å². The van der Waals surface area contributed by atoms with Crippen LogP contribution in [0.2, 0.25) is 0 Å². The summed E-state index contributed by atoms with van der Waals surface area (Å²) in [7, 11) is -3.70. The largest absolute Gasteiger partial charge is 0.481 e. The van der Waals surface area contributed by atoms with Crippen LogP contribution in [0.1, 0.15) is 37.6 Å². The van der Waals surface area contributed by atoms with E-state index in [1.165, 1.54) is 9.21 Å². The van der Waals surface area contributed by atoms with Crippen LogP contribution in [0.5, 0.6) is 0 Å². The van der Waals surface area contributed by atoms with Gasteiger partial charge in [-0.15, -0.1) is 0 Å². The number of aliphatic carboxylic acids is 1. The minimum atomic E-state index is -3.70. The quantitative estimate of drug-likeness (QED) is 0.741. The molecule has 1 saturated heterocycles. The number of carboxylic acids is 1. The van der Waals surface area contributed by atoms with Crippen molar-refractivity contribution in [3.8, 4) is 0 Å². The third-order valence-corrected chi connectivity index (χ3v) is 6.80. The first-order valence-electron chi connectivity index (χ1n) is 8.62. The van der Waals surface area contributed by atoms with Crippen molar-refractivity contribution in [2.75, 3.05) is 26.2 Å². The number of amides is 1. The smallest absolute Gasteiger partial charge is 0.305 e. The summed E-state index contributed by atoms with van der Waals surface area (Å²) in [6, 6.07) is 0. The Morgan fingerprint density at radius 3 is 2.38 bits per heavy atom. The van der Waals surface area contributed by atoms with Crippen LogP contribution in [0.25, 0.3) is 0 Å². The second-order valence-electron chi connectivity index (χ2n) is 6.39. The van der Waals surface area contributed by atoms with E-state index in [9.17, 15) is 18.0 Å². The highest BCUT2D eigenvalue weighted by atomic mass is 32.2. The van der Waals surface area contributed by atoms with Crippen molar-refractivity contribution in [2.24, 2.45) is 5.92 Å². The standard InChI is InChI=1S/C16H25N3O6S/c1-4-18(8-7-14(20)21)16(22)13-5-9-19(10-6-13)26(23,24)15-11(2)17-25-12(15)3/h13H,4-10H2,1-3H3,(H,20,21). The van der Waals surface area contributed by atoms with E-state index in [0.29, 0.717) is 25.1 Å². The molecule has 0 bridgehead atoms. The number of carboxylic acid groups (broad SMARTS) is 1. The second kappa shape index (κ2) is 8.17. The van der Waals surface area contributed by atoms with Gasteiger partial charge in [0, 0.05) is 32.1 Å². The molecule has 26 heavy (non-hydrogen) atoms. The molecule has 9 nitrogen and oxygen atoms in total. The molecule has 1 aromatic heterocycles. The van der Waals surface area contributed by atoms with Gasteiger partial charge < -0.3 is 14.5 Å². The maximum atomic E-state index is 12.8. The third-order valence-electron chi connectivity index (χ3n) is 4.66. The van der Waals surface area contributed by atoms with Crippen molar-refractivity contribution in [3.63, 3.8) is 0 Å². The molecular weight excluding hydrogens is 362 g/mol. The summed E-state index contributed by atoms with van der Waals surface area (Å²) in [6.45, 7) is 6.02. The van der Waals surface area contributed by atoms with Crippen molar-refractivity contribution in [1.82, 2.24) is 14.4 Å². The van der Waals surface area contributed by atoms with Gasteiger partial charge in [0.2, 0.25) is 15.9 Å². The molecule has 0 unspecified atom stereocenters. The fourth-order valence-corrected chi connectivity index (χ4v) is 4.99. The Morgan fingerprint density at radius 1 is 1.31 bits per heavy atom. The van der Waals surface area contributed by atoms with Crippen LogP contribution in [-0.2, 0) is 19.6 Å². The summed E-state index contributed by atoms with van der Waals surface area (Å²) in [6.07, 6.45) is 0.717. The van der Waals surface area contributed by atoms with Crippen LogP contribution in [0, 0.1) is 19.8 Å². The number of nitrogens with zero attached hydrogens (tertiary/aromatic N) is 3. The lowest BCUT2D eigenvalue weighted by Gasteiger charge is -2.33. The molecule has 1 N–H and O–H groups in total. The maximum absolute atomic E-state index is 12.8. The van der Waals surface area contributed by atoms with E-state index >= 15 is 0 Å². The molecule has 0 aliphatic carbocycles. The third kappa shape index (κ3) is 4.24. The minimum Gasteiger partial charge on any atom is -0.481 e. The molecule has 0 spiro atoms. The van der Waals surface area contributed by atoms with Gasteiger partial charge in [-0.2, -0.15) is 4.31 Å². The van der Waals surface area contributed by atoms with Crippen molar-refractivity contribution in [1.29, 1.82) is 0 Å². The monoisotopic (exact) mass is 387 g/mol. The minimum absolute atomic E-state index is 0.0962. The Morgan fingerprint density at radius 2 is 1.92 bits per heavy atom. The SMILES string of the molecule is CCN(CCC(=O)O)C(=O)C1CCN(S(=O)(=O)c2c(C)noc2C)CC1. The van der Waals surface area contributed by atoms with Gasteiger partial charge in [0.15, 0.2) is 5.76 Å². The lowest BCUT2D eigenvalue weighted by molar-refractivity contribution is -0.140. The maximum Gasteiger partial charge on any atom is 0.305 e. The van der Waals surface area contributed by atoms with Crippen LogP contribution in [0.15, 0.2) is 9.42 Å². The van der Waals surface area contributed by atoms with Gasteiger partial charge in [0.1, 0.15) is 10.6 Å². The fraction of sp³-hybridized carbons (Fsp3) is 0.688. The second-order valence-corrected chi connectivity index (χ2v) is 8.27. The van der Waals surface area contributed by atoms with Crippen LogP contribution in [0.4, 0.5) is 0 Å². The van der Waals surface area contributed by atoms with E-state index in [4.69, 9.17) is 9.63 Å². The molecule has 0 saturated carbocycles. The summed E-state index contributed by atoms with van der Waals surface area (Å²) in [5.74, 6) is -1.09. The molecule has 1 amide bonds. The van der Waals surface area contributed by atoms with Gasteiger partial charge in [-0.05, 0) is 33.6 Å². The topological polar surface area (TPSA) is 121 Å². The van der Waals surface area contributed by atoms with Gasteiger partial charge in [-0.1, -0.05) is 5.16 Å². The number of sulfonamides is 1. The van der Waals surface area contributed by atoms with Gasteiger partial charge in [0.25, 0.3) is 0 Å². The molecule has 0 atom stereocenters. The number of hydrogen-bond donors (Lipinski definition) is 1. The van der Waals surface area contributed by atoms with Gasteiger partial charge in [-0.3, -0.25) is 9.59 Å². The predicted molar refractivity (Wildman–Crippen MR) is 92.0 cm³/mol. The van der Waals surface area contributed by atoms with E-state index in [2.05, 4.69) is 5.16 Å². The van der Waals surface area contributed by atoms with Crippen LogP contribution < -0.4 is 0 Å². The average molecular weight is 387 g/mol. The Labute approximate surface area is 153 Å². The molecule has 10 heteroatoms. The lowest BCUT2D eigenvalue weighted by Crippen LogP contribution is -2.45. The van der Waals surface area contributed by atoms with E-state index in [1.807, 2.05) is 0 Å². The van der Waals surface area contributed by atoms with Crippen LogP contribution >= 0.6 is 0 Å². The number of rotatable bonds is 7. The van der Waals surface area contributed by atoms with E-state index in [1.54, 1.807) is 20.8 Å². The zero-order valence-electron chi connectivity index (χ0n) is 15.3. The molecular formula is C16H25N3O6S. The van der Waals surface area contributed by atoms with E-state index < -0.39 is 16.0 Å². The highest BCUT2D eigenvalue weighted by Gasteiger charge is 2.36. The van der Waals surface area contributed by atoms with Crippen molar-refractivity contribution in [2.45, 2.75) is 44.9 Å². The van der Waals surface area contributed by atoms with Crippen LogP contribution in [0.3, 0.4) is 0 Å². The number of aromatic nitrogens is 1. The number of carbonyl (C=O) groups excluding carboxylic acids is 1.